The largest absolute Gasteiger partial charge is 0.478 e. The fraction of sp³-hybridized carbons (Fsp3) is 0.308. The fourth-order valence-electron chi connectivity index (χ4n) is 1.92. The normalized spacial score (nSPS) is 15.1. The minimum absolute atomic E-state index is 0.0172. The van der Waals surface area contributed by atoms with Crippen molar-refractivity contribution in [3.05, 3.63) is 28.8 Å². The summed E-state index contributed by atoms with van der Waals surface area (Å²) in [6, 6.07) is 3.58. The molecule has 3 N–H and O–H groups in total. The van der Waals surface area contributed by atoms with Gasteiger partial charge in [-0.3, -0.25) is 4.79 Å². The zero-order valence-electron chi connectivity index (χ0n) is 11.1. The number of carboxylic acid groups (broad SMARTS) is 1. The van der Waals surface area contributed by atoms with Gasteiger partial charge in [-0.15, -0.1) is 0 Å². The molecule has 0 aromatic heterocycles. The van der Waals surface area contributed by atoms with Gasteiger partial charge in [-0.2, -0.15) is 0 Å². The number of anilines is 1. The van der Waals surface area contributed by atoms with Gasteiger partial charge in [0, 0.05) is 13.1 Å². The number of hydrogen-bond acceptors (Lipinski definition) is 3. The Bertz CT molecular complexity index is 591. The predicted octanol–water partition coefficient (Wildman–Crippen LogP) is 1.39. The molecular weight excluding hydrogens is 298 g/mol. The number of halogens is 1. The van der Waals surface area contributed by atoms with Gasteiger partial charge in [-0.25, -0.2) is 9.59 Å². The molecule has 0 saturated carbocycles. The lowest BCUT2D eigenvalue weighted by atomic mass is 10.2. The standard InChI is InChI=1S/C13H14ClN3O4/c14-9-6-8(12(19)20)2-3-10(9)16-13(21)17-5-1-4-15-11(18)7-17/h2-3,6H,1,4-5,7H2,(H,15,18)(H,16,21)(H,19,20). The Hall–Kier alpha value is -2.28. The number of carboxylic acids is 1. The average molecular weight is 312 g/mol. The number of benzene rings is 1. The lowest BCUT2D eigenvalue weighted by molar-refractivity contribution is -0.120. The van der Waals surface area contributed by atoms with Crippen LogP contribution in [0, 0.1) is 0 Å². The van der Waals surface area contributed by atoms with Crippen molar-refractivity contribution in [2.45, 2.75) is 6.42 Å². The predicted molar refractivity (Wildman–Crippen MR) is 76.6 cm³/mol. The van der Waals surface area contributed by atoms with Crippen molar-refractivity contribution in [1.29, 1.82) is 0 Å². The first-order valence-corrected chi connectivity index (χ1v) is 6.70. The molecule has 0 radical (unpaired) electrons. The Morgan fingerprint density at radius 3 is 2.81 bits per heavy atom. The van der Waals surface area contributed by atoms with E-state index in [0.717, 1.165) is 0 Å². The van der Waals surface area contributed by atoms with Crippen molar-refractivity contribution in [1.82, 2.24) is 10.2 Å². The molecule has 0 bridgehead atoms. The number of nitrogens with one attached hydrogen (secondary N) is 2. The zero-order chi connectivity index (χ0) is 15.4. The monoisotopic (exact) mass is 311 g/mol. The van der Waals surface area contributed by atoms with Gasteiger partial charge < -0.3 is 20.6 Å². The van der Waals surface area contributed by atoms with E-state index < -0.39 is 12.0 Å². The second kappa shape index (κ2) is 6.45. The molecule has 112 valence electrons. The quantitative estimate of drug-likeness (QED) is 0.768. The third-order valence-corrected chi connectivity index (χ3v) is 3.32. The summed E-state index contributed by atoms with van der Waals surface area (Å²) in [6.07, 6.45) is 0.671. The van der Waals surface area contributed by atoms with E-state index in [-0.39, 0.29) is 23.0 Å². The molecule has 1 aliphatic heterocycles. The summed E-state index contributed by atoms with van der Waals surface area (Å²) >= 11 is 5.94. The first-order valence-electron chi connectivity index (χ1n) is 6.33. The van der Waals surface area contributed by atoms with Gasteiger partial charge in [0.2, 0.25) is 5.91 Å². The number of rotatable bonds is 2. The third-order valence-electron chi connectivity index (χ3n) is 3.01. The molecule has 2 rings (SSSR count). The van der Waals surface area contributed by atoms with Gasteiger partial charge >= 0.3 is 12.0 Å². The Morgan fingerprint density at radius 1 is 1.38 bits per heavy atom. The highest BCUT2D eigenvalue weighted by atomic mass is 35.5. The average Bonchev–Trinajstić information content (AvgIpc) is 2.65. The number of carbonyl (C=O) groups is 3. The summed E-state index contributed by atoms with van der Waals surface area (Å²) in [4.78, 5) is 35.7. The second-order valence-corrected chi connectivity index (χ2v) is 4.96. The lowest BCUT2D eigenvalue weighted by Gasteiger charge is -2.20. The molecule has 0 atom stereocenters. The van der Waals surface area contributed by atoms with Crippen LogP contribution < -0.4 is 10.6 Å². The summed E-state index contributed by atoms with van der Waals surface area (Å²) in [6.45, 7) is 0.975. The maximum Gasteiger partial charge on any atom is 0.335 e. The zero-order valence-corrected chi connectivity index (χ0v) is 11.8. The Labute approximate surface area is 125 Å². The highest BCUT2D eigenvalue weighted by molar-refractivity contribution is 6.34. The summed E-state index contributed by atoms with van der Waals surface area (Å²) in [5.74, 6) is -1.31. The first-order chi connectivity index (χ1) is 9.97. The molecule has 1 aromatic carbocycles. The van der Waals surface area contributed by atoms with Gasteiger partial charge in [0.25, 0.3) is 0 Å². The smallest absolute Gasteiger partial charge is 0.335 e. The summed E-state index contributed by atoms with van der Waals surface area (Å²) in [5.41, 5.74) is 0.337. The molecule has 8 heteroatoms. The molecule has 1 heterocycles. The van der Waals surface area contributed by atoms with E-state index in [1.54, 1.807) is 0 Å². The Morgan fingerprint density at radius 2 is 2.14 bits per heavy atom. The Balaban J connectivity index is 2.08. The van der Waals surface area contributed by atoms with Gasteiger partial charge in [-0.05, 0) is 24.6 Å². The van der Waals surface area contributed by atoms with Crippen LogP contribution in [0.1, 0.15) is 16.8 Å². The highest BCUT2D eigenvalue weighted by Gasteiger charge is 2.20. The molecule has 1 fully saturated rings. The molecule has 0 spiro atoms. The number of nitrogens with zero attached hydrogens (tertiary/aromatic N) is 1. The highest BCUT2D eigenvalue weighted by Crippen LogP contribution is 2.23. The maximum atomic E-state index is 12.1. The third kappa shape index (κ3) is 3.85. The fourth-order valence-corrected chi connectivity index (χ4v) is 2.15. The SMILES string of the molecule is O=C1CN(C(=O)Nc2ccc(C(=O)O)cc2Cl)CCCN1. The summed E-state index contributed by atoms with van der Waals surface area (Å²) in [7, 11) is 0. The number of aromatic carboxylic acids is 1. The number of amides is 3. The lowest BCUT2D eigenvalue weighted by Crippen LogP contribution is -2.39. The molecule has 21 heavy (non-hydrogen) atoms. The minimum Gasteiger partial charge on any atom is -0.478 e. The van der Waals surface area contributed by atoms with Crippen molar-refractivity contribution < 1.29 is 19.5 Å². The summed E-state index contributed by atoms with van der Waals surface area (Å²) in [5, 5.41) is 14.2. The molecule has 7 nitrogen and oxygen atoms in total. The molecule has 0 unspecified atom stereocenters. The molecule has 1 aliphatic rings. The number of urea groups is 1. The van der Waals surface area contributed by atoms with Gasteiger partial charge in [0.15, 0.2) is 0 Å². The van der Waals surface area contributed by atoms with E-state index in [2.05, 4.69) is 10.6 Å². The minimum atomic E-state index is -1.10. The van der Waals surface area contributed by atoms with Crippen LogP contribution in [-0.2, 0) is 4.79 Å². The van der Waals surface area contributed by atoms with Crippen LogP contribution in [0.2, 0.25) is 5.02 Å². The van der Waals surface area contributed by atoms with Crippen LogP contribution in [0.15, 0.2) is 18.2 Å². The van der Waals surface area contributed by atoms with E-state index in [1.165, 1.54) is 23.1 Å². The Kier molecular flexibility index (Phi) is 4.64. The van der Waals surface area contributed by atoms with Crippen molar-refractivity contribution in [2.75, 3.05) is 25.0 Å². The molecule has 1 aromatic rings. The van der Waals surface area contributed by atoms with Crippen LogP contribution in [-0.4, -0.2) is 47.5 Å². The van der Waals surface area contributed by atoms with Crippen LogP contribution >= 0.6 is 11.6 Å². The van der Waals surface area contributed by atoms with E-state index in [4.69, 9.17) is 16.7 Å². The number of carbonyl (C=O) groups excluding carboxylic acids is 2. The van der Waals surface area contributed by atoms with E-state index >= 15 is 0 Å². The maximum absolute atomic E-state index is 12.1. The van der Waals surface area contributed by atoms with Crippen molar-refractivity contribution in [2.24, 2.45) is 0 Å². The molecule has 1 saturated heterocycles. The first kappa shape index (κ1) is 15.1. The van der Waals surface area contributed by atoms with Crippen LogP contribution in [0.3, 0.4) is 0 Å². The van der Waals surface area contributed by atoms with Crippen LogP contribution in [0.5, 0.6) is 0 Å². The van der Waals surface area contributed by atoms with E-state index in [9.17, 15) is 14.4 Å². The van der Waals surface area contributed by atoms with Crippen molar-refractivity contribution in [3.8, 4) is 0 Å². The number of hydrogen-bond donors (Lipinski definition) is 3. The molecule has 3 amide bonds. The van der Waals surface area contributed by atoms with Crippen molar-refractivity contribution in [3.63, 3.8) is 0 Å². The van der Waals surface area contributed by atoms with Gasteiger partial charge in [0.05, 0.1) is 16.3 Å². The molecular formula is C13H14ClN3O4. The molecule has 0 aliphatic carbocycles. The van der Waals surface area contributed by atoms with E-state index in [0.29, 0.717) is 25.2 Å². The van der Waals surface area contributed by atoms with Crippen LogP contribution in [0.4, 0.5) is 10.5 Å². The van der Waals surface area contributed by atoms with Gasteiger partial charge in [0.1, 0.15) is 6.54 Å². The van der Waals surface area contributed by atoms with Crippen molar-refractivity contribution >= 4 is 35.2 Å². The summed E-state index contributed by atoms with van der Waals surface area (Å²) < 4.78 is 0. The van der Waals surface area contributed by atoms with Crippen LogP contribution in [0.25, 0.3) is 0 Å². The van der Waals surface area contributed by atoms with E-state index in [1.807, 2.05) is 0 Å². The second-order valence-electron chi connectivity index (χ2n) is 4.55. The topological polar surface area (TPSA) is 98.7 Å². The van der Waals surface area contributed by atoms with Gasteiger partial charge in [-0.1, -0.05) is 11.6 Å².